The van der Waals surface area contributed by atoms with Crippen molar-refractivity contribution in [1.82, 2.24) is 0 Å². The predicted octanol–water partition coefficient (Wildman–Crippen LogP) is 1.87. The van der Waals surface area contributed by atoms with Gasteiger partial charge >= 0.3 is 0 Å². The third kappa shape index (κ3) is 1.37. The maximum atomic E-state index is 5.69. The molecule has 0 saturated heterocycles. The van der Waals surface area contributed by atoms with Gasteiger partial charge < -0.3 is 10.6 Å². The quantitative estimate of drug-likeness (QED) is 0.673. The zero-order chi connectivity index (χ0) is 8.55. The van der Waals surface area contributed by atoms with Gasteiger partial charge in [-0.2, -0.15) is 0 Å². The van der Waals surface area contributed by atoms with Crippen molar-refractivity contribution in [1.29, 1.82) is 0 Å². The van der Waals surface area contributed by atoms with Gasteiger partial charge in [-0.05, 0) is 31.0 Å². The van der Waals surface area contributed by atoms with Crippen molar-refractivity contribution in [3.8, 4) is 0 Å². The van der Waals surface area contributed by atoms with Crippen molar-refractivity contribution < 1.29 is 0 Å². The molecule has 0 radical (unpaired) electrons. The number of hydrogen-bond donors (Lipinski definition) is 1. The Morgan fingerprint density at radius 3 is 2.75 bits per heavy atom. The minimum Gasteiger partial charge on any atom is -0.399 e. The van der Waals surface area contributed by atoms with E-state index in [4.69, 9.17) is 5.73 Å². The van der Waals surface area contributed by atoms with Gasteiger partial charge in [0, 0.05) is 24.5 Å². The second-order valence-corrected chi connectivity index (χ2v) is 3.44. The van der Waals surface area contributed by atoms with Gasteiger partial charge in [0.1, 0.15) is 0 Å². The van der Waals surface area contributed by atoms with Crippen LogP contribution in [-0.4, -0.2) is 13.1 Å². The average Bonchev–Trinajstić information content (AvgIpc) is 2.85. The van der Waals surface area contributed by atoms with Crippen LogP contribution in [-0.2, 0) is 0 Å². The van der Waals surface area contributed by atoms with Crippen molar-refractivity contribution in [2.24, 2.45) is 0 Å². The van der Waals surface area contributed by atoms with Crippen LogP contribution in [0.25, 0.3) is 0 Å². The van der Waals surface area contributed by atoms with Crippen LogP contribution in [0.2, 0.25) is 0 Å². The molecule has 1 aromatic carbocycles. The van der Waals surface area contributed by atoms with Crippen LogP contribution in [0.15, 0.2) is 24.3 Å². The van der Waals surface area contributed by atoms with Gasteiger partial charge in [-0.15, -0.1) is 0 Å². The molecule has 0 bridgehead atoms. The van der Waals surface area contributed by atoms with E-state index < -0.39 is 0 Å². The summed E-state index contributed by atoms with van der Waals surface area (Å²) < 4.78 is 0. The van der Waals surface area contributed by atoms with Crippen molar-refractivity contribution in [3.05, 3.63) is 24.3 Å². The molecule has 1 aromatic rings. The van der Waals surface area contributed by atoms with Crippen molar-refractivity contribution in [2.45, 2.75) is 18.9 Å². The number of benzene rings is 1. The molecule has 0 aromatic heterocycles. The van der Waals surface area contributed by atoms with Gasteiger partial charge in [-0.1, -0.05) is 6.07 Å². The molecule has 1 fully saturated rings. The Kier molecular flexibility index (Phi) is 1.68. The number of nitrogens with zero attached hydrogens (tertiary/aromatic N) is 1. The Morgan fingerprint density at radius 2 is 2.17 bits per heavy atom. The van der Waals surface area contributed by atoms with Gasteiger partial charge in [-0.3, -0.25) is 0 Å². The molecule has 0 unspecified atom stereocenters. The minimum atomic E-state index is 0.756. The third-order valence-corrected chi connectivity index (χ3v) is 2.37. The summed E-state index contributed by atoms with van der Waals surface area (Å²) in [5, 5.41) is 0. The Bertz CT molecular complexity index is 279. The Balaban J connectivity index is 2.20. The normalized spacial score (nSPS) is 16.1. The Labute approximate surface area is 73.0 Å². The summed E-state index contributed by atoms with van der Waals surface area (Å²) in [4.78, 5) is 2.30. The van der Waals surface area contributed by atoms with Crippen LogP contribution in [0.5, 0.6) is 0 Å². The first kappa shape index (κ1) is 7.47. The summed E-state index contributed by atoms with van der Waals surface area (Å²) in [6.45, 7) is 0. The zero-order valence-electron chi connectivity index (χ0n) is 7.33. The third-order valence-electron chi connectivity index (χ3n) is 2.37. The van der Waals surface area contributed by atoms with Gasteiger partial charge in [0.15, 0.2) is 0 Å². The van der Waals surface area contributed by atoms with E-state index in [-0.39, 0.29) is 0 Å². The summed E-state index contributed by atoms with van der Waals surface area (Å²) in [5.74, 6) is 0. The fourth-order valence-corrected chi connectivity index (χ4v) is 1.42. The monoisotopic (exact) mass is 162 g/mol. The maximum Gasteiger partial charge on any atom is 0.0386 e. The maximum absolute atomic E-state index is 5.69. The average molecular weight is 162 g/mol. The van der Waals surface area contributed by atoms with Crippen LogP contribution in [0.3, 0.4) is 0 Å². The second-order valence-electron chi connectivity index (χ2n) is 3.44. The summed E-state index contributed by atoms with van der Waals surface area (Å²) in [6, 6.07) is 8.81. The van der Waals surface area contributed by atoms with E-state index >= 15 is 0 Å². The number of nitrogen functional groups attached to an aromatic ring is 1. The zero-order valence-corrected chi connectivity index (χ0v) is 7.33. The lowest BCUT2D eigenvalue weighted by molar-refractivity contribution is 0.917. The first-order valence-electron chi connectivity index (χ1n) is 4.36. The van der Waals surface area contributed by atoms with E-state index in [1.165, 1.54) is 18.5 Å². The molecule has 1 aliphatic carbocycles. The molecule has 1 saturated carbocycles. The summed E-state index contributed by atoms with van der Waals surface area (Å²) in [5.41, 5.74) is 7.77. The van der Waals surface area contributed by atoms with Crippen LogP contribution in [0.1, 0.15) is 12.8 Å². The SMILES string of the molecule is CN(c1cccc(N)c1)C1CC1. The van der Waals surface area contributed by atoms with Crippen LogP contribution < -0.4 is 10.6 Å². The molecule has 0 atom stereocenters. The topological polar surface area (TPSA) is 29.3 Å². The fourth-order valence-electron chi connectivity index (χ4n) is 1.42. The van der Waals surface area contributed by atoms with Gasteiger partial charge in [0.25, 0.3) is 0 Å². The molecular formula is C10H14N2. The van der Waals surface area contributed by atoms with Crippen LogP contribution in [0.4, 0.5) is 11.4 Å². The van der Waals surface area contributed by atoms with E-state index in [1.54, 1.807) is 0 Å². The molecule has 1 aliphatic rings. The van der Waals surface area contributed by atoms with Crippen LogP contribution >= 0.6 is 0 Å². The van der Waals surface area contributed by atoms with Gasteiger partial charge in [0.2, 0.25) is 0 Å². The van der Waals surface area contributed by atoms with E-state index in [0.717, 1.165) is 11.7 Å². The fraction of sp³-hybridized carbons (Fsp3) is 0.400. The molecular weight excluding hydrogens is 148 g/mol. The molecule has 12 heavy (non-hydrogen) atoms. The highest BCUT2D eigenvalue weighted by molar-refractivity contribution is 5.56. The number of anilines is 2. The van der Waals surface area contributed by atoms with E-state index in [9.17, 15) is 0 Å². The van der Waals surface area contributed by atoms with E-state index in [1.807, 2.05) is 18.2 Å². The number of hydrogen-bond acceptors (Lipinski definition) is 2. The van der Waals surface area contributed by atoms with Crippen molar-refractivity contribution >= 4 is 11.4 Å². The highest BCUT2D eigenvalue weighted by atomic mass is 15.2. The van der Waals surface area contributed by atoms with Crippen molar-refractivity contribution in [3.63, 3.8) is 0 Å². The van der Waals surface area contributed by atoms with Gasteiger partial charge in [-0.25, -0.2) is 0 Å². The minimum absolute atomic E-state index is 0.756. The molecule has 64 valence electrons. The summed E-state index contributed by atoms with van der Waals surface area (Å²) >= 11 is 0. The van der Waals surface area contributed by atoms with Crippen molar-refractivity contribution in [2.75, 3.05) is 17.7 Å². The first-order valence-corrected chi connectivity index (χ1v) is 4.36. The van der Waals surface area contributed by atoms with Gasteiger partial charge in [0.05, 0.1) is 0 Å². The highest BCUT2D eigenvalue weighted by Crippen LogP contribution is 2.30. The molecule has 2 rings (SSSR count). The highest BCUT2D eigenvalue weighted by Gasteiger charge is 2.26. The van der Waals surface area contributed by atoms with Crippen LogP contribution in [0, 0.1) is 0 Å². The molecule has 2 nitrogen and oxygen atoms in total. The smallest absolute Gasteiger partial charge is 0.0386 e. The standard InChI is InChI=1S/C10H14N2/c1-12(9-5-6-9)10-4-2-3-8(11)7-10/h2-4,7,9H,5-6,11H2,1H3. The summed E-state index contributed by atoms with van der Waals surface area (Å²) in [7, 11) is 2.13. The van der Waals surface area contributed by atoms with E-state index in [2.05, 4.69) is 18.0 Å². The number of rotatable bonds is 2. The molecule has 0 amide bonds. The molecule has 2 N–H and O–H groups in total. The second kappa shape index (κ2) is 2.70. The lowest BCUT2D eigenvalue weighted by atomic mass is 10.2. The molecule has 2 heteroatoms. The first-order chi connectivity index (χ1) is 5.77. The lowest BCUT2D eigenvalue weighted by Crippen LogP contribution is -2.19. The molecule has 0 heterocycles. The molecule has 0 aliphatic heterocycles. The Hall–Kier alpha value is -1.18. The lowest BCUT2D eigenvalue weighted by Gasteiger charge is -2.18. The molecule has 0 spiro atoms. The van der Waals surface area contributed by atoms with E-state index in [0.29, 0.717) is 0 Å². The summed E-state index contributed by atoms with van der Waals surface area (Å²) in [6.07, 6.45) is 2.65. The largest absolute Gasteiger partial charge is 0.399 e. The number of nitrogens with two attached hydrogens (primary N) is 1. The predicted molar refractivity (Wildman–Crippen MR) is 52.3 cm³/mol. The Morgan fingerprint density at radius 1 is 1.42 bits per heavy atom.